The van der Waals surface area contributed by atoms with Crippen LogP contribution >= 0.6 is 0 Å². The van der Waals surface area contributed by atoms with Gasteiger partial charge in [0.25, 0.3) is 0 Å². The van der Waals surface area contributed by atoms with Crippen LogP contribution in [0.15, 0.2) is 0 Å². The van der Waals surface area contributed by atoms with Crippen LogP contribution in [0.2, 0.25) is 0 Å². The van der Waals surface area contributed by atoms with Crippen LogP contribution in [0.4, 0.5) is 0 Å². The predicted molar refractivity (Wildman–Crippen MR) is 66.4 cm³/mol. The Morgan fingerprint density at radius 1 is 1.27 bits per heavy atom. The molecule has 0 heterocycles. The van der Waals surface area contributed by atoms with Crippen molar-refractivity contribution >= 4 is 0 Å². The van der Waals surface area contributed by atoms with Gasteiger partial charge in [-0.1, -0.05) is 41.5 Å². The fraction of sp³-hybridized carbons (Fsp3) is 0.929. The number of nitrogens with zero attached hydrogens (tertiary/aromatic N) is 1. The lowest BCUT2D eigenvalue weighted by atomic mass is 9.60. The topological polar surface area (TPSA) is 23.8 Å². The van der Waals surface area contributed by atoms with Crippen molar-refractivity contribution in [1.29, 1.82) is 5.26 Å². The van der Waals surface area contributed by atoms with E-state index in [-0.39, 0.29) is 5.41 Å². The lowest BCUT2D eigenvalue weighted by molar-refractivity contribution is 0.0514. The highest BCUT2D eigenvalue weighted by Gasteiger charge is 2.39. The zero-order valence-corrected chi connectivity index (χ0v) is 11.3. The predicted octanol–water partition coefficient (Wildman–Crippen LogP) is 4.63. The Bertz CT molecular complexity index is 216. The van der Waals surface area contributed by atoms with E-state index in [0.29, 0.717) is 5.92 Å². The van der Waals surface area contributed by atoms with Crippen molar-refractivity contribution in [2.24, 2.45) is 23.2 Å². The van der Waals surface area contributed by atoms with E-state index in [1.807, 2.05) is 13.8 Å². The van der Waals surface area contributed by atoms with Gasteiger partial charge >= 0.3 is 0 Å². The molecule has 0 aromatic rings. The van der Waals surface area contributed by atoms with Crippen LogP contribution in [0.3, 0.4) is 0 Å². The molecular weight excluding hydrogens is 182 g/mol. The zero-order valence-electron chi connectivity index (χ0n) is 11.3. The van der Waals surface area contributed by atoms with Crippen molar-refractivity contribution in [3.05, 3.63) is 0 Å². The van der Waals surface area contributed by atoms with E-state index in [9.17, 15) is 0 Å². The van der Waals surface area contributed by atoms with Crippen LogP contribution < -0.4 is 0 Å². The van der Waals surface area contributed by atoms with Gasteiger partial charge in [-0.05, 0) is 36.0 Å². The largest absolute Gasteiger partial charge is 0.198 e. The highest BCUT2D eigenvalue weighted by Crippen LogP contribution is 2.48. The quantitative estimate of drug-likeness (QED) is 0.617. The third-order valence-electron chi connectivity index (χ3n) is 4.02. The second kappa shape index (κ2) is 6.16. The second-order valence-electron chi connectivity index (χ2n) is 5.30. The fourth-order valence-corrected chi connectivity index (χ4v) is 3.00. The Morgan fingerprint density at radius 3 is 2.27 bits per heavy atom. The Kier molecular flexibility index (Phi) is 5.95. The summed E-state index contributed by atoms with van der Waals surface area (Å²) in [6.45, 7) is 13.2. The van der Waals surface area contributed by atoms with E-state index in [0.717, 1.165) is 18.3 Å². The molecule has 0 bridgehead atoms. The molecule has 88 valence electrons. The third-order valence-corrected chi connectivity index (χ3v) is 4.02. The summed E-state index contributed by atoms with van der Waals surface area (Å²) in [6.07, 6.45) is 3.29. The first-order valence-electron chi connectivity index (χ1n) is 6.36. The molecule has 1 rings (SSSR count). The number of hydrogen-bond donors (Lipinski definition) is 0. The number of hydrogen-bond acceptors (Lipinski definition) is 1. The van der Waals surface area contributed by atoms with Gasteiger partial charge in [-0.25, -0.2) is 0 Å². The van der Waals surface area contributed by atoms with Gasteiger partial charge in [0.05, 0.1) is 6.07 Å². The van der Waals surface area contributed by atoms with Crippen LogP contribution in [0, 0.1) is 34.5 Å². The molecule has 1 heteroatoms. The van der Waals surface area contributed by atoms with Crippen molar-refractivity contribution in [1.82, 2.24) is 0 Å². The van der Waals surface area contributed by atoms with Gasteiger partial charge in [0.1, 0.15) is 0 Å². The van der Waals surface area contributed by atoms with Crippen molar-refractivity contribution in [2.45, 2.75) is 60.8 Å². The molecule has 0 aromatic carbocycles. The summed E-state index contributed by atoms with van der Waals surface area (Å²) in [7, 11) is 0. The van der Waals surface area contributed by atoms with Gasteiger partial charge in [0, 0.05) is 6.42 Å². The van der Waals surface area contributed by atoms with Gasteiger partial charge < -0.3 is 0 Å². The van der Waals surface area contributed by atoms with Gasteiger partial charge in [-0.3, -0.25) is 0 Å². The molecule has 0 amide bonds. The zero-order chi connectivity index (χ0) is 12.1. The summed E-state index contributed by atoms with van der Waals surface area (Å²) in [5.41, 5.74) is 0.270. The Labute approximate surface area is 95.9 Å². The summed E-state index contributed by atoms with van der Waals surface area (Å²) in [5.74, 6) is 2.27. The highest BCUT2D eigenvalue weighted by molar-refractivity contribution is 4.94. The second-order valence-corrected chi connectivity index (χ2v) is 5.30. The van der Waals surface area contributed by atoms with Crippen LogP contribution in [0.5, 0.6) is 0 Å². The highest BCUT2D eigenvalue weighted by atomic mass is 14.4. The minimum atomic E-state index is 0.270. The molecule has 0 aromatic heterocycles. The van der Waals surface area contributed by atoms with E-state index >= 15 is 0 Å². The smallest absolute Gasteiger partial charge is 0.0627 e. The molecule has 0 N–H and O–H groups in total. The minimum absolute atomic E-state index is 0.270. The third kappa shape index (κ3) is 3.52. The Hall–Kier alpha value is -0.510. The van der Waals surface area contributed by atoms with E-state index in [1.165, 1.54) is 12.8 Å². The fourth-order valence-electron chi connectivity index (χ4n) is 3.00. The molecule has 0 aliphatic heterocycles. The van der Waals surface area contributed by atoms with Crippen molar-refractivity contribution in [3.63, 3.8) is 0 Å². The molecule has 0 saturated heterocycles. The van der Waals surface area contributed by atoms with E-state index in [1.54, 1.807) is 0 Å². The first-order valence-corrected chi connectivity index (χ1v) is 6.36. The first-order chi connectivity index (χ1) is 6.99. The lowest BCUT2D eigenvalue weighted by Crippen LogP contribution is -2.37. The van der Waals surface area contributed by atoms with Gasteiger partial charge in [0.15, 0.2) is 0 Å². The van der Waals surface area contributed by atoms with Crippen LogP contribution in [-0.2, 0) is 0 Å². The molecule has 0 radical (unpaired) electrons. The molecule has 1 nitrogen and oxygen atoms in total. The van der Waals surface area contributed by atoms with Crippen LogP contribution in [0.1, 0.15) is 60.8 Å². The summed E-state index contributed by atoms with van der Waals surface area (Å²) in [6, 6.07) is 2.35. The molecule has 1 saturated carbocycles. The SMILES string of the molecule is CC.CC1CC(C)C(C)C(C)(CC#N)C1. The summed E-state index contributed by atoms with van der Waals surface area (Å²) >= 11 is 0. The number of rotatable bonds is 1. The minimum Gasteiger partial charge on any atom is -0.198 e. The average Bonchev–Trinajstić information content (AvgIpc) is 2.17. The van der Waals surface area contributed by atoms with Crippen molar-refractivity contribution in [3.8, 4) is 6.07 Å². The Morgan fingerprint density at radius 2 is 1.80 bits per heavy atom. The maximum absolute atomic E-state index is 8.82. The van der Waals surface area contributed by atoms with Crippen molar-refractivity contribution in [2.75, 3.05) is 0 Å². The van der Waals surface area contributed by atoms with E-state index in [2.05, 4.69) is 33.8 Å². The molecule has 15 heavy (non-hydrogen) atoms. The molecule has 0 spiro atoms. The summed E-state index contributed by atoms with van der Waals surface area (Å²) < 4.78 is 0. The maximum atomic E-state index is 8.82. The van der Waals surface area contributed by atoms with Gasteiger partial charge in [-0.2, -0.15) is 5.26 Å². The average molecular weight is 209 g/mol. The van der Waals surface area contributed by atoms with Crippen LogP contribution in [-0.4, -0.2) is 0 Å². The molecule has 4 atom stereocenters. The number of nitriles is 1. The molecule has 1 fully saturated rings. The summed E-state index contributed by atoms with van der Waals surface area (Å²) in [5, 5.41) is 8.82. The van der Waals surface area contributed by atoms with Crippen LogP contribution in [0.25, 0.3) is 0 Å². The van der Waals surface area contributed by atoms with Gasteiger partial charge in [-0.15, -0.1) is 0 Å². The molecular formula is C14H27N. The van der Waals surface area contributed by atoms with Crippen molar-refractivity contribution < 1.29 is 0 Å². The first kappa shape index (κ1) is 14.5. The monoisotopic (exact) mass is 209 g/mol. The van der Waals surface area contributed by atoms with E-state index < -0.39 is 0 Å². The Balaban J connectivity index is 0.000000921. The maximum Gasteiger partial charge on any atom is 0.0627 e. The molecule has 1 aliphatic carbocycles. The summed E-state index contributed by atoms with van der Waals surface area (Å²) in [4.78, 5) is 0. The van der Waals surface area contributed by atoms with E-state index in [4.69, 9.17) is 5.26 Å². The lowest BCUT2D eigenvalue weighted by Gasteiger charge is -2.45. The normalized spacial score (nSPS) is 39.9. The van der Waals surface area contributed by atoms with Gasteiger partial charge in [0.2, 0.25) is 0 Å². The molecule has 1 aliphatic rings. The standard InChI is InChI=1S/C12H21N.C2H6/c1-9-7-10(2)11(3)12(4,8-9)5-6-13;1-2/h9-11H,5,7-8H2,1-4H3;1-2H3. The molecule has 4 unspecified atom stereocenters.